The predicted octanol–water partition coefficient (Wildman–Crippen LogP) is 2.93. The van der Waals surface area contributed by atoms with Crippen molar-refractivity contribution in [2.75, 3.05) is 54.4 Å². The Hall–Kier alpha value is -4.25. The van der Waals surface area contributed by atoms with Crippen LogP contribution in [0.4, 0.5) is 17.1 Å². The highest BCUT2D eigenvalue weighted by molar-refractivity contribution is 7.89. The molecule has 1 amide bonds. The molecule has 9 nitrogen and oxygen atoms in total. The van der Waals surface area contributed by atoms with Crippen molar-refractivity contribution in [3.05, 3.63) is 82.9 Å². The summed E-state index contributed by atoms with van der Waals surface area (Å²) in [5, 5.41) is 18.6. The summed E-state index contributed by atoms with van der Waals surface area (Å²) >= 11 is 0. The number of sulfonamides is 1. The number of hydrogen-bond acceptors (Lipinski definition) is 7. The van der Waals surface area contributed by atoms with E-state index < -0.39 is 10.0 Å². The van der Waals surface area contributed by atoms with E-state index in [0.29, 0.717) is 60.9 Å². The number of nitrogens with one attached hydrogen (secondary N) is 1. The molecule has 3 aliphatic rings. The molecule has 2 heterocycles. The molecule has 6 rings (SSSR count). The molecule has 0 radical (unpaired) electrons. The topological polar surface area (TPSA) is 123 Å². The molecule has 210 valence electrons. The number of amides is 1. The largest absolute Gasteiger partial charge is 0.381 e. The zero-order chi connectivity index (χ0) is 28.9. The van der Waals surface area contributed by atoms with Gasteiger partial charge in [0.15, 0.2) is 0 Å². The molecule has 0 spiro atoms. The van der Waals surface area contributed by atoms with Crippen molar-refractivity contribution in [1.29, 1.82) is 5.26 Å². The van der Waals surface area contributed by atoms with Gasteiger partial charge < -0.3 is 20.0 Å². The van der Waals surface area contributed by atoms with Gasteiger partial charge in [0.2, 0.25) is 10.0 Å². The Kier molecular flexibility index (Phi) is 6.77. The maximum atomic E-state index is 13.6. The average Bonchev–Trinajstić information content (AvgIpc) is 3.39. The summed E-state index contributed by atoms with van der Waals surface area (Å²) in [5.41, 5.74) is 5.81. The van der Waals surface area contributed by atoms with Crippen LogP contribution in [0.2, 0.25) is 0 Å². The van der Waals surface area contributed by atoms with Gasteiger partial charge in [-0.15, -0.1) is 0 Å². The van der Waals surface area contributed by atoms with Crippen LogP contribution in [0, 0.1) is 49.1 Å². The van der Waals surface area contributed by atoms with E-state index in [1.165, 1.54) is 6.07 Å². The van der Waals surface area contributed by atoms with Gasteiger partial charge >= 0.3 is 0 Å². The van der Waals surface area contributed by atoms with Gasteiger partial charge in [-0.25, -0.2) is 13.6 Å². The monoisotopic (exact) mass is 568 g/mol. The quantitative estimate of drug-likeness (QED) is 0.469. The van der Waals surface area contributed by atoms with E-state index in [1.807, 2.05) is 28.9 Å². The number of carbonyl (C=O) groups is 1. The molecule has 41 heavy (non-hydrogen) atoms. The van der Waals surface area contributed by atoms with Gasteiger partial charge in [-0.2, -0.15) is 5.26 Å². The van der Waals surface area contributed by atoms with Crippen molar-refractivity contribution in [3.8, 4) is 6.07 Å². The van der Waals surface area contributed by atoms with Crippen molar-refractivity contribution in [2.24, 2.45) is 17.0 Å². The van der Waals surface area contributed by atoms with E-state index in [0.717, 1.165) is 35.6 Å². The first-order valence-electron chi connectivity index (χ1n) is 13.8. The molecule has 0 bridgehead atoms. The zero-order valence-corrected chi connectivity index (χ0v) is 23.9. The summed E-state index contributed by atoms with van der Waals surface area (Å²) in [7, 11) is -3.85. The lowest BCUT2D eigenvalue weighted by Crippen LogP contribution is -2.49. The number of nitriles is 1. The third-order valence-electron chi connectivity index (χ3n) is 8.64. The van der Waals surface area contributed by atoms with E-state index in [9.17, 15) is 18.5 Å². The lowest BCUT2D eigenvalue weighted by atomic mass is 10.0. The van der Waals surface area contributed by atoms with Gasteiger partial charge in [0.1, 0.15) is 11.0 Å². The van der Waals surface area contributed by atoms with Crippen molar-refractivity contribution < 1.29 is 13.2 Å². The van der Waals surface area contributed by atoms with Crippen LogP contribution in [0.15, 0.2) is 53.4 Å². The van der Waals surface area contributed by atoms with Crippen molar-refractivity contribution in [2.45, 2.75) is 24.8 Å². The minimum Gasteiger partial charge on any atom is -0.381 e. The van der Waals surface area contributed by atoms with E-state index in [1.54, 1.807) is 24.3 Å². The van der Waals surface area contributed by atoms with E-state index in [-0.39, 0.29) is 10.8 Å². The number of nitrogens with two attached hydrogens (primary N) is 1. The number of anilines is 3. The molecule has 1 saturated carbocycles. The van der Waals surface area contributed by atoms with Crippen molar-refractivity contribution >= 4 is 33.0 Å². The average molecular weight is 569 g/mol. The Morgan fingerprint density at radius 2 is 1.66 bits per heavy atom. The van der Waals surface area contributed by atoms with E-state index >= 15 is 0 Å². The summed E-state index contributed by atoms with van der Waals surface area (Å²) in [4.78, 5) is 19.8. The van der Waals surface area contributed by atoms with Crippen LogP contribution < -0.4 is 20.3 Å². The molecular weight excluding hydrogens is 536 g/mol. The minimum absolute atomic E-state index is 0.0201. The van der Waals surface area contributed by atoms with Crippen molar-refractivity contribution in [1.82, 2.24) is 4.90 Å². The van der Waals surface area contributed by atoms with Gasteiger partial charge in [-0.05, 0) is 43.2 Å². The number of fused-ring (bicyclic) bond motifs is 1. The number of aryl methyl sites for hydroxylation is 2. The van der Waals surface area contributed by atoms with Crippen LogP contribution in [-0.2, 0) is 10.0 Å². The molecule has 2 atom stereocenters. The van der Waals surface area contributed by atoms with E-state index in [2.05, 4.69) is 41.4 Å². The SMILES string of the molecule is Cc1cc(C)c(C(=O)N2CCN(c3ccccc3S(N)(=O)=O)CC2)cc1NC1C2CN(c3cc#ccc3C#N)CC21. The lowest BCUT2D eigenvalue weighted by molar-refractivity contribution is 0.0746. The van der Waals surface area contributed by atoms with E-state index in [4.69, 9.17) is 5.14 Å². The first-order valence-corrected chi connectivity index (χ1v) is 15.3. The van der Waals surface area contributed by atoms with Gasteiger partial charge in [0.25, 0.3) is 5.91 Å². The molecule has 3 fully saturated rings. The molecule has 3 aromatic carbocycles. The van der Waals surface area contributed by atoms with Crippen LogP contribution >= 0.6 is 0 Å². The van der Waals surface area contributed by atoms with Crippen LogP contribution in [0.5, 0.6) is 0 Å². The second-order valence-corrected chi connectivity index (χ2v) is 12.7. The molecular formula is C31H32N6O3S. The number of benzene rings is 2. The van der Waals surface area contributed by atoms with Crippen LogP contribution in [0.25, 0.3) is 0 Å². The summed E-state index contributed by atoms with van der Waals surface area (Å²) in [5.74, 6) is 0.950. The molecule has 0 aromatic heterocycles. The summed E-state index contributed by atoms with van der Waals surface area (Å²) in [6.45, 7) is 7.78. The number of piperazine rings is 1. The summed E-state index contributed by atoms with van der Waals surface area (Å²) < 4.78 is 24.1. The summed E-state index contributed by atoms with van der Waals surface area (Å²) in [6, 6.07) is 22.7. The Balaban J connectivity index is 1.11. The number of primary sulfonamides is 1. The second kappa shape index (κ2) is 10.3. The minimum atomic E-state index is -3.85. The number of nitrogens with zero attached hydrogens (tertiary/aromatic N) is 4. The lowest BCUT2D eigenvalue weighted by Gasteiger charge is -2.37. The molecule has 2 unspecified atom stereocenters. The number of rotatable bonds is 6. The Bertz CT molecular complexity index is 1650. The fourth-order valence-electron chi connectivity index (χ4n) is 6.36. The third-order valence-corrected chi connectivity index (χ3v) is 9.60. The second-order valence-electron chi connectivity index (χ2n) is 11.2. The Morgan fingerprint density at radius 1 is 0.976 bits per heavy atom. The molecule has 2 aliphatic heterocycles. The van der Waals surface area contributed by atoms with Crippen LogP contribution in [0.3, 0.4) is 0 Å². The fourth-order valence-corrected chi connectivity index (χ4v) is 7.12. The maximum absolute atomic E-state index is 13.6. The third kappa shape index (κ3) is 5.06. The van der Waals surface area contributed by atoms with Crippen molar-refractivity contribution in [3.63, 3.8) is 0 Å². The smallest absolute Gasteiger partial charge is 0.254 e. The highest BCUT2D eigenvalue weighted by Gasteiger charge is 2.56. The zero-order valence-electron chi connectivity index (χ0n) is 23.1. The molecule has 3 aromatic rings. The maximum Gasteiger partial charge on any atom is 0.254 e. The fraction of sp³-hybridized carbons (Fsp3) is 0.355. The first kappa shape index (κ1) is 26.9. The molecule has 10 heteroatoms. The summed E-state index contributed by atoms with van der Waals surface area (Å²) in [6.07, 6.45) is 0. The Labute approximate surface area is 241 Å². The number of carbonyl (C=O) groups excluding carboxylic acids is 1. The normalized spacial score (nSPS) is 21.6. The number of para-hydroxylation sites is 1. The Morgan fingerprint density at radius 3 is 2.34 bits per heavy atom. The molecule has 3 N–H and O–H groups in total. The number of piperidine rings is 1. The first-order chi connectivity index (χ1) is 19.7. The molecule has 2 saturated heterocycles. The van der Waals surface area contributed by atoms with Gasteiger partial charge in [-0.3, -0.25) is 4.79 Å². The highest BCUT2D eigenvalue weighted by atomic mass is 32.2. The van der Waals surface area contributed by atoms with Crippen LogP contribution in [0.1, 0.15) is 27.0 Å². The predicted molar refractivity (Wildman–Crippen MR) is 157 cm³/mol. The molecule has 1 aliphatic carbocycles. The van der Waals surface area contributed by atoms with Crippen LogP contribution in [-0.4, -0.2) is 64.5 Å². The van der Waals surface area contributed by atoms with Gasteiger partial charge in [0, 0.05) is 80.5 Å². The van der Waals surface area contributed by atoms with Gasteiger partial charge in [0.05, 0.1) is 16.9 Å². The number of hydrogen-bond donors (Lipinski definition) is 2. The van der Waals surface area contributed by atoms with Gasteiger partial charge in [-0.1, -0.05) is 30.3 Å². The highest BCUT2D eigenvalue weighted by Crippen LogP contribution is 2.49. The standard InChI is InChI=1S/C31H32N6O3S/c1-20-15-21(2)26(34-30-24-18-37(19-25(24)30)27-8-4-3-7-22(27)17-32)16-23(20)31(38)36-13-11-35(12-14-36)28-9-5-6-10-29(28)41(33,39)40/h5-10,15-16,24-25,30,34H,11-14,18-19H2,1-2H3,(H2,33,39,40).